The molecule has 2 rings (SSSR count). The molecule has 2 N–H and O–H groups in total. The number of amides is 1. The summed E-state index contributed by atoms with van der Waals surface area (Å²) in [5, 5.41) is 11.6. The number of halogens is 7. The summed E-state index contributed by atoms with van der Waals surface area (Å²) in [6.45, 7) is 0. The van der Waals surface area contributed by atoms with Gasteiger partial charge in [0.1, 0.15) is 11.8 Å². The molecule has 0 bridgehead atoms. The number of nitrogens with one attached hydrogen (secondary N) is 1. The second kappa shape index (κ2) is 9.68. The average Bonchev–Trinajstić information content (AvgIpc) is 2.66. The van der Waals surface area contributed by atoms with E-state index in [4.69, 9.17) is 16.3 Å². The van der Waals surface area contributed by atoms with Gasteiger partial charge < -0.3 is 15.2 Å². The van der Waals surface area contributed by atoms with Crippen molar-refractivity contribution in [3.05, 3.63) is 63.7 Å². The Balaban J connectivity index is 2.21. The number of rotatable bonds is 7. The van der Waals surface area contributed by atoms with E-state index in [-0.39, 0.29) is 17.5 Å². The van der Waals surface area contributed by atoms with Gasteiger partial charge in [-0.25, -0.2) is 4.79 Å². The van der Waals surface area contributed by atoms with E-state index in [0.29, 0.717) is 23.4 Å². The van der Waals surface area contributed by atoms with E-state index in [9.17, 15) is 41.0 Å². The first kappa shape index (κ1) is 25.3. The maximum absolute atomic E-state index is 13.0. The molecule has 5 nitrogen and oxygen atoms in total. The highest BCUT2D eigenvalue weighted by Gasteiger charge is 2.37. The lowest BCUT2D eigenvalue weighted by molar-refractivity contribution is -0.143. The number of aliphatic carboxylic acids is 1. The minimum Gasteiger partial charge on any atom is -0.495 e. The van der Waals surface area contributed by atoms with Crippen LogP contribution in [0.2, 0.25) is 5.02 Å². The molecule has 0 saturated heterocycles. The van der Waals surface area contributed by atoms with E-state index >= 15 is 0 Å². The predicted octanol–water partition coefficient (Wildman–Crippen LogP) is 4.74. The van der Waals surface area contributed by atoms with Crippen molar-refractivity contribution < 1.29 is 45.8 Å². The molecule has 0 unspecified atom stereocenters. The minimum atomic E-state index is -5.07. The number of carbonyl (C=O) groups excluding carboxylic acids is 1. The van der Waals surface area contributed by atoms with Crippen molar-refractivity contribution in [2.75, 3.05) is 7.11 Å². The van der Waals surface area contributed by atoms with Gasteiger partial charge >= 0.3 is 18.3 Å². The van der Waals surface area contributed by atoms with Gasteiger partial charge in [-0.3, -0.25) is 4.79 Å². The quantitative estimate of drug-likeness (QED) is 0.558. The largest absolute Gasteiger partial charge is 0.495 e. The Bertz CT molecular complexity index is 974. The maximum Gasteiger partial charge on any atom is 0.416 e. The summed E-state index contributed by atoms with van der Waals surface area (Å²) >= 11 is 5.97. The van der Waals surface area contributed by atoms with E-state index in [1.165, 1.54) is 25.3 Å². The Hall–Kier alpha value is -2.95. The summed E-state index contributed by atoms with van der Waals surface area (Å²) in [4.78, 5) is 23.7. The fourth-order valence-electron chi connectivity index (χ4n) is 2.82. The second-order valence-electron chi connectivity index (χ2n) is 6.72. The zero-order chi connectivity index (χ0) is 24.3. The van der Waals surface area contributed by atoms with Crippen molar-refractivity contribution in [2.24, 2.45) is 0 Å². The number of carboxylic acids is 1. The Morgan fingerprint density at radius 1 is 1.00 bits per heavy atom. The molecule has 0 aliphatic rings. The predicted molar refractivity (Wildman–Crippen MR) is 101 cm³/mol. The van der Waals surface area contributed by atoms with Crippen LogP contribution in [0.25, 0.3) is 0 Å². The minimum absolute atomic E-state index is 0.0606. The van der Waals surface area contributed by atoms with Gasteiger partial charge in [0.25, 0.3) is 0 Å². The third kappa shape index (κ3) is 6.78. The van der Waals surface area contributed by atoms with Crippen LogP contribution < -0.4 is 10.1 Å². The van der Waals surface area contributed by atoms with Crippen LogP contribution in [0.4, 0.5) is 26.3 Å². The van der Waals surface area contributed by atoms with Crippen LogP contribution in [-0.4, -0.2) is 30.1 Å². The van der Waals surface area contributed by atoms with E-state index in [1.807, 2.05) is 0 Å². The lowest BCUT2D eigenvalue weighted by Gasteiger charge is -2.17. The zero-order valence-corrected chi connectivity index (χ0v) is 17.0. The molecule has 2 aromatic rings. The normalized spacial score (nSPS) is 12.9. The number of carboxylic acid groups (broad SMARTS) is 1. The first-order valence-electron chi connectivity index (χ1n) is 8.83. The fourth-order valence-corrected chi connectivity index (χ4v) is 3.11. The van der Waals surface area contributed by atoms with Crippen molar-refractivity contribution in [2.45, 2.75) is 31.2 Å². The Morgan fingerprint density at radius 2 is 1.56 bits per heavy atom. The fraction of sp³-hybridized carbons (Fsp3) is 0.300. The average molecular weight is 484 g/mol. The molecule has 0 aromatic heterocycles. The third-order valence-corrected chi connectivity index (χ3v) is 4.60. The van der Waals surface area contributed by atoms with Crippen molar-refractivity contribution in [1.82, 2.24) is 5.32 Å². The summed E-state index contributed by atoms with van der Waals surface area (Å²) in [7, 11) is 1.37. The van der Waals surface area contributed by atoms with Gasteiger partial charge in [0, 0.05) is 6.42 Å². The standard InChI is InChI=1S/C20H16ClF6NO4/c1-32-16-3-2-10(6-14(16)21)7-15(18(30)31)28-17(29)8-11-4-12(19(22,23)24)9-13(5-11)20(25,26)27/h2-6,9,15H,7-8H2,1H3,(H,28,29)(H,30,31)/t15-/m1/s1. The van der Waals surface area contributed by atoms with Gasteiger partial charge in [-0.1, -0.05) is 17.7 Å². The van der Waals surface area contributed by atoms with Crippen LogP contribution in [0.5, 0.6) is 5.75 Å². The van der Waals surface area contributed by atoms with Crippen molar-refractivity contribution in [3.63, 3.8) is 0 Å². The Labute approximate surface area is 182 Å². The molecule has 0 fully saturated rings. The van der Waals surface area contributed by atoms with Crippen molar-refractivity contribution >= 4 is 23.5 Å². The first-order chi connectivity index (χ1) is 14.7. The molecule has 0 aliphatic heterocycles. The van der Waals surface area contributed by atoms with Gasteiger partial charge in [-0.05, 0) is 41.5 Å². The summed E-state index contributed by atoms with van der Waals surface area (Å²) in [5.74, 6) is -2.19. The summed E-state index contributed by atoms with van der Waals surface area (Å²) in [6.07, 6.45) is -11.3. The molecule has 0 spiro atoms. The summed E-state index contributed by atoms with van der Waals surface area (Å²) in [5.41, 5.74) is -3.31. The molecule has 0 saturated carbocycles. The second-order valence-corrected chi connectivity index (χ2v) is 7.13. The lowest BCUT2D eigenvalue weighted by atomic mass is 10.0. The van der Waals surface area contributed by atoms with Crippen LogP contribution in [-0.2, 0) is 34.8 Å². The van der Waals surface area contributed by atoms with Gasteiger partial charge in [0.2, 0.25) is 5.91 Å². The van der Waals surface area contributed by atoms with Gasteiger partial charge in [-0.15, -0.1) is 0 Å². The third-order valence-electron chi connectivity index (χ3n) is 4.30. The lowest BCUT2D eigenvalue weighted by Crippen LogP contribution is -2.43. The van der Waals surface area contributed by atoms with Crippen LogP contribution in [0.1, 0.15) is 22.3 Å². The van der Waals surface area contributed by atoms with E-state index in [0.717, 1.165) is 0 Å². The van der Waals surface area contributed by atoms with Crippen LogP contribution in [0.15, 0.2) is 36.4 Å². The van der Waals surface area contributed by atoms with Gasteiger partial charge in [-0.2, -0.15) is 26.3 Å². The van der Waals surface area contributed by atoms with E-state index in [1.54, 1.807) is 0 Å². The summed E-state index contributed by atoms with van der Waals surface area (Å²) in [6, 6.07) is 3.64. The zero-order valence-electron chi connectivity index (χ0n) is 16.3. The smallest absolute Gasteiger partial charge is 0.416 e. The molecule has 2 aromatic carbocycles. The molecule has 1 amide bonds. The molecule has 1 atom stereocenters. The Morgan fingerprint density at radius 3 is 2.00 bits per heavy atom. The van der Waals surface area contributed by atoms with Crippen LogP contribution in [0.3, 0.4) is 0 Å². The number of ether oxygens (including phenoxy) is 1. The molecule has 174 valence electrons. The number of hydrogen-bond donors (Lipinski definition) is 2. The van der Waals surface area contributed by atoms with Crippen LogP contribution >= 0.6 is 11.6 Å². The van der Waals surface area contributed by atoms with E-state index in [2.05, 4.69) is 5.32 Å². The molecular formula is C20H16ClF6NO4. The van der Waals surface area contributed by atoms with Crippen molar-refractivity contribution in [3.8, 4) is 5.75 Å². The molecule has 0 heterocycles. The van der Waals surface area contributed by atoms with Crippen molar-refractivity contribution in [1.29, 1.82) is 0 Å². The molecule has 12 heteroatoms. The monoisotopic (exact) mass is 483 g/mol. The molecular weight excluding hydrogens is 468 g/mol. The highest BCUT2D eigenvalue weighted by Crippen LogP contribution is 2.36. The number of benzene rings is 2. The molecule has 0 aliphatic carbocycles. The topological polar surface area (TPSA) is 75.6 Å². The van der Waals surface area contributed by atoms with Gasteiger partial charge in [0.05, 0.1) is 29.7 Å². The van der Waals surface area contributed by atoms with Crippen LogP contribution in [0, 0.1) is 0 Å². The number of carbonyl (C=O) groups is 2. The maximum atomic E-state index is 13.0. The molecule has 32 heavy (non-hydrogen) atoms. The SMILES string of the molecule is COc1ccc(C[C@@H](NC(=O)Cc2cc(C(F)(F)F)cc(C(F)(F)F)c2)C(=O)O)cc1Cl. The number of methoxy groups -OCH3 is 1. The number of hydrogen-bond acceptors (Lipinski definition) is 3. The Kier molecular flexibility index (Phi) is 7.66. The number of alkyl halides is 6. The first-order valence-corrected chi connectivity index (χ1v) is 9.21. The van der Waals surface area contributed by atoms with Gasteiger partial charge in [0.15, 0.2) is 0 Å². The van der Waals surface area contributed by atoms with E-state index < -0.39 is 53.4 Å². The molecule has 0 radical (unpaired) electrons. The summed E-state index contributed by atoms with van der Waals surface area (Å²) < 4.78 is 82.7. The highest BCUT2D eigenvalue weighted by atomic mass is 35.5. The highest BCUT2D eigenvalue weighted by molar-refractivity contribution is 6.32.